The van der Waals surface area contributed by atoms with Gasteiger partial charge < -0.3 is 15.8 Å². The van der Waals surface area contributed by atoms with E-state index in [9.17, 15) is 4.79 Å². The fourth-order valence-corrected chi connectivity index (χ4v) is 4.15. The van der Waals surface area contributed by atoms with Crippen LogP contribution in [0.15, 0.2) is 54.6 Å². The molecule has 1 spiro atoms. The van der Waals surface area contributed by atoms with E-state index in [0.29, 0.717) is 0 Å². The highest BCUT2D eigenvalue weighted by atomic mass is 16.5. The van der Waals surface area contributed by atoms with Crippen LogP contribution in [0, 0.1) is 0 Å². The molecule has 25 heavy (non-hydrogen) atoms. The standard InChI is InChI=1S/C21H24N2O2/c22-19(15-8-2-1-3-9-15)20(24)23-17-14-21(12-6-7-13-21)25-18-11-5-4-10-16(17)18/h1-5,8-11,17,19H,6-7,12-14,22H2,(H,23,24). The summed E-state index contributed by atoms with van der Waals surface area (Å²) in [7, 11) is 0. The molecule has 1 heterocycles. The molecule has 0 aromatic heterocycles. The molecule has 1 amide bonds. The molecule has 4 rings (SSSR count). The molecule has 2 aromatic rings. The molecule has 1 aliphatic heterocycles. The summed E-state index contributed by atoms with van der Waals surface area (Å²) in [6.07, 6.45) is 5.30. The molecule has 2 unspecified atom stereocenters. The maximum atomic E-state index is 12.7. The Hall–Kier alpha value is -2.33. The van der Waals surface area contributed by atoms with Gasteiger partial charge in [0.05, 0.1) is 6.04 Å². The van der Waals surface area contributed by atoms with Crippen LogP contribution in [0.2, 0.25) is 0 Å². The number of para-hydroxylation sites is 1. The number of carbonyl (C=O) groups is 1. The van der Waals surface area contributed by atoms with Crippen molar-refractivity contribution >= 4 is 5.91 Å². The van der Waals surface area contributed by atoms with Crippen molar-refractivity contribution in [2.24, 2.45) is 5.73 Å². The van der Waals surface area contributed by atoms with Crippen LogP contribution < -0.4 is 15.8 Å². The van der Waals surface area contributed by atoms with Gasteiger partial charge in [-0.25, -0.2) is 0 Å². The fraction of sp³-hybridized carbons (Fsp3) is 0.381. The first-order valence-corrected chi connectivity index (χ1v) is 9.06. The van der Waals surface area contributed by atoms with Crippen LogP contribution in [0.3, 0.4) is 0 Å². The predicted molar refractivity (Wildman–Crippen MR) is 97.1 cm³/mol. The van der Waals surface area contributed by atoms with Crippen molar-refractivity contribution in [2.75, 3.05) is 0 Å². The fourth-order valence-electron chi connectivity index (χ4n) is 4.15. The maximum Gasteiger partial charge on any atom is 0.242 e. The third kappa shape index (κ3) is 3.14. The van der Waals surface area contributed by atoms with Crippen molar-refractivity contribution in [3.8, 4) is 5.75 Å². The van der Waals surface area contributed by atoms with Gasteiger partial charge in [0, 0.05) is 12.0 Å². The molecule has 2 aliphatic rings. The Morgan fingerprint density at radius 3 is 2.52 bits per heavy atom. The quantitative estimate of drug-likeness (QED) is 0.899. The predicted octanol–water partition coefficient (Wildman–Crippen LogP) is 3.64. The van der Waals surface area contributed by atoms with Gasteiger partial charge >= 0.3 is 0 Å². The van der Waals surface area contributed by atoms with Crippen LogP contribution >= 0.6 is 0 Å². The largest absolute Gasteiger partial charge is 0.487 e. The third-order valence-electron chi connectivity index (χ3n) is 5.47. The highest BCUT2D eigenvalue weighted by Crippen LogP contribution is 2.47. The second-order valence-corrected chi connectivity index (χ2v) is 7.18. The summed E-state index contributed by atoms with van der Waals surface area (Å²) in [4.78, 5) is 12.7. The van der Waals surface area contributed by atoms with Crippen molar-refractivity contribution < 1.29 is 9.53 Å². The van der Waals surface area contributed by atoms with Crippen LogP contribution in [0.1, 0.15) is 55.3 Å². The first kappa shape index (κ1) is 16.2. The van der Waals surface area contributed by atoms with Crippen molar-refractivity contribution in [2.45, 2.75) is 49.8 Å². The lowest BCUT2D eigenvalue weighted by molar-refractivity contribution is -0.123. The van der Waals surface area contributed by atoms with E-state index in [4.69, 9.17) is 10.5 Å². The lowest BCUT2D eigenvalue weighted by Gasteiger charge is -2.40. The van der Waals surface area contributed by atoms with E-state index < -0.39 is 6.04 Å². The van der Waals surface area contributed by atoms with E-state index in [0.717, 1.165) is 36.1 Å². The first-order valence-electron chi connectivity index (χ1n) is 9.06. The SMILES string of the molecule is NC(C(=O)NC1CC2(CCCC2)Oc2ccccc21)c1ccccc1. The van der Waals surface area contributed by atoms with E-state index in [-0.39, 0.29) is 17.6 Å². The topological polar surface area (TPSA) is 64.4 Å². The molecule has 0 radical (unpaired) electrons. The first-order chi connectivity index (χ1) is 12.2. The molecule has 3 N–H and O–H groups in total. The van der Waals surface area contributed by atoms with Crippen LogP contribution in [0.25, 0.3) is 0 Å². The smallest absolute Gasteiger partial charge is 0.242 e. The number of ether oxygens (including phenoxy) is 1. The number of rotatable bonds is 3. The zero-order valence-electron chi connectivity index (χ0n) is 14.3. The van der Waals surface area contributed by atoms with Gasteiger partial charge in [-0.2, -0.15) is 0 Å². The Morgan fingerprint density at radius 2 is 1.76 bits per heavy atom. The normalized spacial score (nSPS) is 22.0. The van der Waals surface area contributed by atoms with Crippen molar-refractivity contribution in [1.82, 2.24) is 5.32 Å². The van der Waals surface area contributed by atoms with Gasteiger partial charge in [0.15, 0.2) is 0 Å². The minimum Gasteiger partial charge on any atom is -0.487 e. The van der Waals surface area contributed by atoms with Crippen LogP contribution in [0.5, 0.6) is 5.75 Å². The van der Waals surface area contributed by atoms with Gasteiger partial charge in [-0.3, -0.25) is 4.79 Å². The van der Waals surface area contributed by atoms with E-state index >= 15 is 0 Å². The molecular weight excluding hydrogens is 312 g/mol. The number of benzene rings is 2. The van der Waals surface area contributed by atoms with E-state index in [1.807, 2.05) is 54.6 Å². The molecule has 130 valence electrons. The minimum atomic E-state index is -0.657. The molecule has 2 atom stereocenters. The van der Waals surface area contributed by atoms with Crippen LogP contribution in [-0.4, -0.2) is 11.5 Å². The van der Waals surface area contributed by atoms with Crippen molar-refractivity contribution in [3.05, 3.63) is 65.7 Å². The maximum absolute atomic E-state index is 12.7. The molecule has 4 heteroatoms. The number of carbonyl (C=O) groups excluding carboxylic acids is 1. The summed E-state index contributed by atoms with van der Waals surface area (Å²) >= 11 is 0. The number of amides is 1. The third-order valence-corrected chi connectivity index (χ3v) is 5.47. The Balaban J connectivity index is 1.57. The molecular formula is C21H24N2O2. The molecule has 0 saturated heterocycles. The van der Waals surface area contributed by atoms with Crippen molar-refractivity contribution in [3.63, 3.8) is 0 Å². The summed E-state index contributed by atoms with van der Waals surface area (Å²) in [5.74, 6) is 0.760. The van der Waals surface area contributed by atoms with Gasteiger partial charge in [0.2, 0.25) is 5.91 Å². The monoisotopic (exact) mass is 336 g/mol. The average Bonchev–Trinajstić information content (AvgIpc) is 3.09. The van der Waals surface area contributed by atoms with Gasteiger partial charge in [-0.15, -0.1) is 0 Å². The molecule has 2 aromatic carbocycles. The summed E-state index contributed by atoms with van der Waals surface area (Å²) in [6.45, 7) is 0. The average molecular weight is 336 g/mol. The zero-order valence-corrected chi connectivity index (χ0v) is 14.3. The van der Waals surface area contributed by atoms with Crippen molar-refractivity contribution in [1.29, 1.82) is 0 Å². The van der Waals surface area contributed by atoms with Gasteiger partial charge in [-0.1, -0.05) is 48.5 Å². The van der Waals surface area contributed by atoms with Crippen LogP contribution in [-0.2, 0) is 4.79 Å². The van der Waals surface area contributed by atoms with Gasteiger partial charge in [0.1, 0.15) is 17.4 Å². The summed E-state index contributed by atoms with van der Waals surface area (Å²) in [5, 5.41) is 3.18. The molecule has 0 bridgehead atoms. The number of nitrogens with one attached hydrogen (secondary N) is 1. The lowest BCUT2D eigenvalue weighted by atomic mass is 9.85. The van der Waals surface area contributed by atoms with Crippen LogP contribution in [0.4, 0.5) is 0 Å². The van der Waals surface area contributed by atoms with Gasteiger partial charge in [-0.05, 0) is 37.3 Å². The Labute approximate surface area is 148 Å². The molecule has 1 aliphatic carbocycles. The number of fused-ring (bicyclic) bond motifs is 1. The Kier molecular flexibility index (Phi) is 4.22. The highest BCUT2D eigenvalue weighted by molar-refractivity contribution is 5.83. The summed E-state index contributed by atoms with van der Waals surface area (Å²) < 4.78 is 6.35. The molecule has 4 nitrogen and oxygen atoms in total. The second kappa shape index (κ2) is 6.52. The molecule has 1 saturated carbocycles. The van der Waals surface area contributed by atoms with E-state index in [1.54, 1.807) is 0 Å². The van der Waals surface area contributed by atoms with Gasteiger partial charge in [0.25, 0.3) is 0 Å². The zero-order chi connectivity index (χ0) is 17.3. The summed E-state index contributed by atoms with van der Waals surface area (Å²) in [5.41, 5.74) is 7.92. The number of nitrogens with two attached hydrogens (primary N) is 1. The Bertz CT molecular complexity index is 754. The second-order valence-electron chi connectivity index (χ2n) is 7.18. The van der Waals surface area contributed by atoms with E-state index in [2.05, 4.69) is 5.32 Å². The molecule has 1 fully saturated rings. The number of hydrogen-bond acceptors (Lipinski definition) is 3. The highest BCUT2D eigenvalue weighted by Gasteiger charge is 2.43. The minimum absolute atomic E-state index is 0.0506. The lowest BCUT2D eigenvalue weighted by Crippen LogP contribution is -2.45. The summed E-state index contributed by atoms with van der Waals surface area (Å²) in [6, 6.07) is 16.8. The van der Waals surface area contributed by atoms with E-state index in [1.165, 1.54) is 12.8 Å². The number of hydrogen-bond donors (Lipinski definition) is 2. The Morgan fingerprint density at radius 1 is 1.08 bits per heavy atom.